The molecule has 0 saturated heterocycles. The van der Waals surface area contributed by atoms with Gasteiger partial charge in [0.25, 0.3) is 0 Å². The molecule has 15 heavy (non-hydrogen) atoms. The first-order chi connectivity index (χ1) is 7.14. The molecule has 4 heteroatoms. The van der Waals surface area contributed by atoms with Gasteiger partial charge in [-0.15, -0.1) is 0 Å². The number of hydrogen-bond acceptors (Lipinski definition) is 3. The molecule has 1 amide bonds. The summed E-state index contributed by atoms with van der Waals surface area (Å²) in [6, 6.07) is 2.15. The molecule has 0 aliphatic heterocycles. The largest absolute Gasteiger partial charge is 0.355 e. The van der Waals surface area contributed by atoms with Crippen molar-refractivity contribution < 1.29 is 4.79 Å². The molecule has 0 aromatic carbocycles. The fourth-order valence-corrected chi connectivity index (χ4v) is 1.95. The number of nitrogens with one attached hydrogen (secondary N) is 1. The lowest BCUT2D eigenvalue weighted by atomic mass is 9.69. The van der Waals surface area contributed by atoms with Crippen molar-refractivity contribution in [2.45, 2.75) is 37.9 Å². The lowest BCUT2D eigenvalue weighted by molar-refractivity contribution is -0.131. The molecule has 0 bridgehead atoms. The van der Waals surface area contributed by atoms with Crippen LogP contribution < -0.4 is 5.32 Å². The minimum Gasteiger partial charge on any atom is -0.355 e. The van der Waals surface area contributed by atoms with E-state index in [0.29, 0.717) is 11.8 Å². The monoisotopic (exact) mass is 226 g/mol. The van der Waals surface area contributed by atoms with Crippen LogP contribution in [0.1, 0.15) is 32.6 Å². The Kier molecular flexibility index (Phi) is 4.46. The average Bonchev–Trinajstić information content (AvgIpc) is 2.16. The van der Waals surface area contributed by atoms with Crippen molar-refractivity contribution in [1.29, 1.82) is 5.26 Å². The van der Waals surface area contributed by atoms with Crippen molar-refractivity contribution >= 4 is 17.7 Å². The van der Waals surface area contributed by atoms with Crippen LogP contribution in [-0.4, -0.2) is 24.0 Å². The van der Waals surface area contributed by atoms with E-state index in [1.54, 1.807) is 11.8 Å². The molecule has 1 saturated carbocycles. The van der Waals surface area contributed by atoms with Crippen LogP contribution in [0.2, 0.25) is 0 Å². The normalized spacial score (nSPS) is 19.8. The van der Waals surface area contributed by atoms with Crippen LogP contribution >= 0.6 is 11.8 Å². The molecule has 1 unspecified atom stereocenters. The van der Waals surface area contributed by atoms with E-state index in [1.165, 1.54) is 0 Å². The Balaban J connectivity index is 2.27. The molecule has 1 atom stereocenters. The number of hydrogen-bond donors (Lipinski definition) is 1. The summed E-state index contributed by atoms with van der Waals surface area (Å²) in [5, 5.41) is 12.4. The summed E-state index contributed by atoms with van der Waals surface area (Å²) >= 11 is 1.79. The second-order valence-electron chi connectivity index (χ2n) is 4.14. The molecular weight excluding hydrogens is 208 g/mol. The van der Waals surface area contributed by atoms with Crippen LogP contribution in [0.5, 0.6) is 0 Å². The predicted octanol–water partition coefficient (Wildman–Crippen LogP) is 1.94. The molecule has 0 heterocycles. The zero-order chi connectivity index (χ0) is 11.3. The van der Waals surface area contributed by atoms with Crippen molar-refractivity contribution in [3.63, 3.8) is 0 Å². The number of rotatable bonds is 5. The van der Waals surface area contributed by atoms with E-state index in [1.807, 2.05) is 0 Å². The van der Waals surface area contributed by atoms with Crippen LogP contribution in [0, 0.1) is 16.7 Å². The maximum atomic E-state index is 11.7. The molecule has 3 nitrogen and oxygen atoms in total. The number of amides is 1. The first kappa shape index (κ1) is 12.4. The average molecular weight is 226 g/mol. The first-order valence-corrected chi connectivity index (χ1v) is 6.66. The highest BCUT2D eigenvalue weighted by molar-refractivity contribution is 7.99. The zero-order valence-corrected chi connectivity index (χ0v) is 10.2. The molecule has 1 aliphatic carbocycles. The van der Waals surface area contributed by atoms with Gasteiger partial charge in [0, 0.05) is 11.8 Å². The summed E-state index contributed by atoms with van der Waals surface area (Å²) in [4.78, 5) is 11.7. The maximum Gasteiger partial charge on any atom is 0.240 e. The van der Waals surface area contributed by atoms with Gasteiger partial charge in [-0.05, 0) is 31.9 Å². The molecule has 1 fully saturated rings. The summed E-state index contributed by atoms with van der Waals surface area (Å²) < 4.78 is 0. The van der Waals surface area contributed by atoms with Crippen molar-refractivity contribution in [2.75, 3.05) is 12.8 Å². The van der Waals surface area contributed by atoms with Crippen LogP contribution in [0.3, 0.4) is 0 Å². The van der Waals surface area contributed by atoms with Gasteiger partial charge in [-0.3, -0.25) is 4.79 Å². The highest BCUT2D eigenvalue weighted by Crippen LogP contribution is 2.40. The molecule has 0 aromatic heterocycles. The summed E-state index contributed by atoms with van der Waals surface area (Å²) in [7, 11) is 0. The van der Waals surface area contributed by atoms with E-state index >= 15 is 0 Å². The Morgan fingerprint density at radius 3 is 2.73 bits per heavy atom. The molecule has 0 aromatic rings. The van der Waals surface area contributed by atoms with Crippen molar-refractivity contribution in [3.8, 4) is 6.07 Å². The summed E-state index contributed by atoms with van der Waals surface area (Å²) in [6.45, 7) is 2.82. The summed E-state index contributed by atoms with van der Waals surface area (Å²) in [5.74, 6) is -0.0652. The summed E-state index contributed by atoms with van der Waals surface area (Å²) in [6.07, 6.45) is 5.49. The molecule has 84 valence electrons. The van der Waals surface area contributed by atoms with Gasteiger partial charge in [-0.1, -0.05) is 6.92 Å². The van der Waals surface area contributed by atoms with Crippen molar-refractivity contribution in [2.24, 2.45) is 5.41 Å². The Labute approximate surface area is 95.6 Å². The van der Waals surface area contributed by atoms with Crippen molar-refractivity contribution in [3.05, 3.63) is 0 Å². The van der Waals surface area contributed by atoms with E-state index in [2.05, 4.69) is 24.6 Å². The van der Waals surface area contributed by atoms with Gasteiger partial charge in [-0.25, -0.2) is 0 Å². The lowest BCUT2D eigenvalue weighted by Crippen LogP contribution is -2.45. The first-order valence-electron chi connectivity index (χ1n) is 5.37. The quantitative estimate of drug-likeness (QED) is 0.779. The number of nitrogens with zero attached hydrogens (tertiary/aromatic N) is 1. The van der Waals surface area contributed by atoms with Crippen molar-refractivity contribution in [1.82, 2.24) is 5.32 Å². The van der Waals surface area contributed by atoms with E-state index in [0.717, 1.165) is 25.7 Å². The summed E-state index contributed by atoms with van der Waals surface area (Å²) in [5.41, 5.74) is -0.692. The van der Waals surface area contributed by atoms with Gasteiger partial charge in [0.15, 0.2) is 0 Å². The smallest absolute Gasteiger partial charge is 0.240 e. The van der Waals surface area contributed by atoms with Crippen LogP contribution in [0.25, 0.3) is 0 Å². The van der Waals surface area contributed by atoms with Crippen LogP contribution in [-0.2, 0) is 4.79 Å². The number of thioether (sulfide) groups is 1. The third-order valence-corrected chi connectivity index (χ3v) is 4.13. The van der Waals surface area contributed by atoms with Gasteiger partial charge >= 0.3 is 0 Å². The molecule has 0 spiro atoms. The van der Waals surface area contributed by atoms with Crippen LogP contribution in [0.4, 0.5) is 0 Å². The van der Waals surface area contributed by atoms with Gasteiger partial charge in [-0.2, -0.15) is 17.0 Å². The minimum atomic E-state index is -0.692. The van der Waals surface area contributed by atoms with E-state index in [-0.39, 0.29) is 5.91 Å². The van der Waals surface area contributed by atoms with Crippen LogP contribution in [0.15, 0.2) is 0 Å². The fourth-order valence-electron chi connectivity index (χ4n) is 1.60. The van der Waals surface area contributed by atoms with Gasteiger partial charge < -0.3 is 5.32 Å². The maximum absolute atomic E-state index is 11.7. The number of carbonyl (C=O) groups is 1. The van der Waals surface area contributed by atoms with E-state index in [4.69, 9.17) is 5.26 Å². The zero-order valence-electron chi connectivity index (χ0n) is 9.38. The Morgan fingerprint density at radius 2 is 2.33 bits per heavy atom. The van der Waals surface area contributed by atoms with E-state index in [9.17, 15) is 4.79 Å². The SMILES string of the molecule is CSC(C)CCNC(=O)C1(C#N)CCC1. The molecule has 1 N–H and O–H groups in total. The Hall–Kier alpha value is -0.690. The third kappa shape index (κ3) is 2.88. The third-order valence-electron chi connectivity index (χ3n) is 3.09. The fraction of sp³-hybridized carbons (Fsp3) is 0.818. The second-order valence-corrected chi connectivity index (χ2v) is 5.41. The topological polar surface area (TPSA) is 52.9 Å². The highest BCUT2D eigenvalue weighted by atomic mass is 32.2. The van der Waals surface area contributed by atoms with E-state index < -0.39 is 5.41 Å². The molecule has 1 aliphatic rings. The van der Waals surface area contributed by atoms with Gasteiger partial charge in [0.2, 0.25) is 5.91 Å². The lowest BCUT2D eigenvalue weighted by Gasteiger charge is -2.33. The standard InChI is InChI=1S/C11H18N2OS/c1-9(15-2)4-7-13-10(14)11(8-12)5-3-6-11/h9H,3-7H2,1-2H3,(H,13,14). The Bertz CT molecular complexity index is 268. The minimum absolute atomic E-state index is 0.0652. The molecule has 0 radical (unpaired) electrons. The van der Waals surface area contributed by atoms with Gasteiger partial charge in [0.1, 0.15) is 5.41 Å². The predicted molar refractivity (Wildman–Crippen MR) is 62.5 cm³/mol. The Morgan fingerprint density at radius 1 is 1.67 bits per heavy atom. The second kappa shape index (κ2) is 5.41. The number of nitriles is 1. The molecular formula is C11H18N2OS. The highest BCUT2D eigenvalue weighted by Gasteiger charge is 2.44. The van der Waals surface area contributed by atoms with Gasteiger partial charge in [0.05, 0.1) is 6.07 Å². The molecule has 1 rings (SSSR count). The number of carbonyl (C=O) groups excluding carboxylic acids is 1.